The molecular weight excluding hydrogens is 264 g/mol. The predicted molar refractivity (Wildman–Crippen MR) is 81.6 cm³/mol. The van der Waals surface area contributed by atoms with Crippen LogP contribution in [0.25, 0.3) is 0 Å². The Morgan fingerprint density at radius 2 is 1.95 bits per heavy atom. The zero-order valence-corrected chi connectivity index (χ0v) is 13.1. The topological polar surface area (TPSA) is 49.4 Å². The molecule has 2 atom stereocenters. The van der Waals surface area contributed by atoms with E-state index in [0.717, 1.165) is 44.9 Å². The van der Waals surface area contributed by atoms with E-state index in [0.29, 0.717) is 0 Å². The van der Waals surface area contributed by atoms with Crippen molar-refractivity contribution in [3.63, 3.8) is 0 Å². The van der Waals surface area contributed by atoms with Gasteiger partial charge in [0.25, 0.3) is 0 Å². The molecule has 0 aromatic rings. The number of piperazine rings is 1. The molecule has 1 aliphatic heterocycles. The van der Waals surface area contributed by atoms with Gasteiger partial charge in [-0.1, -0.05) is 38.8 Å². The third-order valence-corrected chi connectivity index (χ3v) is 5.30. The zero-order valence-electron chi connectivity index (χ0n) is 13.1. The van der Waals surface area contributed by atoms with E-state index >= 15 is 0 Å². The van der Waals surface area contributed by atoms with Crippen LogP contribution in [0.1, 0.15) is 58.8 Å². The van der Waals surface area contributed by atoms with Crippen molar-refractivity contribution in [3.05, 3.63) is 12.2 Å². The molecule has 2 aliphatic carbocycles. The van der Waals surface area contributed by atoms with Crippen LogP contribution in [0.4, 0.5) is 0 Å². The second-order valence-corrected chi connectivity index (χ2v) is 7.12. The molecular formula is C17H26N2O2. The number of hydrogen-bond donors (Lipinski definition) is 1. The van der Waals surface area contributed by atoms with Crippen LogP contribution in [0.5, 0.6) is 0 Å². The minimum Gasteiger partial charge on any atom is -0.340 e. The Balaban J connectivity index is 1.94. The van der Waals surface area contributed by atoms with Gasteiger partial charge in [-0.2, -0.15) is 0 Å². The summed E-state index contributed by atoms with van der Waals surface area (Å²) in [5.74, 6) is 0.387. The van der Waals surface area contributed by atoms with Crippen LogP contribution in [0.3, 0.4) is 0 Å². The normalized spacial score (nSPS) is 32.0. The van der Waals surface area contributed by atoms with E-state index < -0.39 is 5.54 Å². The molecule has 2 fully saturated rings. The van der Waals surface area contributed by atoms with E-state index in [9.17, 15) is 9.59 Å². The number of amides is 2. The lowest BCUT2D eigenvalue weighted by atomic mass is 9.84. The molecule has 0 aromatic carbocycles. The van der Waals surface area contributed by atoms with Gasteiger partial charge in [-0.05, 0) is 38.0 Å². The van der Waals surface area contributed by atoms with E-state index in [1.807, 2.05) is 18.7 Å². The van der Waals surface area contributed by atoms with Crippen LogP contribution in [0.2, 0.25) is 0 Å². The third-order valence-electron chi connectivity index (χ3n) is 5.30. The van der Waals surface area contributed by atoms with Crippen LogP contribution in [-0.4, -0.2) is 34.3 Å². The molecule has 1 heterocycles. The molecule has 1 N–H and O–H groups in total. The summed E-state index contributed by atoms with van der Waals surface area (Å²) < 4.78 is 0. The lowest BCUT2D eigenvalue weighted by Gasteiger charge is -2.49. The lowest BCUT2D eigenvalue weighted by Crippen LogP contribution is -2.72. The molecule has 21 heavy (non-hydrogen) atoms. The van der Waals surface area contributed by atoms with E-state index in [1.165, 1.54) is 0 Å². The van der Waals surface area contributed by atoms with Crippen molar-refractivity contribution in [2.75, 3.05) is 0 Å². The molecule has 1 saturated heterocycles. The summed E-state index contributed by atoms with van der Waals surface area (Å²) in [6.45, 7) is 4.08. The van der Waals surface area contributed by atoms with Crippen molar-refractivity contribution in [2.45, 2.75) is 76.4 Å². The Hall–Kier alpha value is -1.32. The third kappa shape index (κ3) is 2.39. The summed E-state index contributed by atoms with van der Waals surface area (Å²) in [6, 6.07) is -0.112. The summed E-state index contributed by atoms with van der Waals surface area (Å²) in [5.41, 5.74) is -0.594. The first-order valence-electron chi connectivity index (χ1n) is 8.35. The molecule has 4 heteroatoms. The van der Waals surface area contributed by atoms with E-state index in [4.69, 9.17) is 0 Å². The Morgan fingerprint density at radius 3 is 2.52 bits per heavy atom. The first-order chi connectivity index (χ1) is 10.1. The summed E-state index contributed by atoms with van der Waals surface area (Å²) in [6.07, 6.45) is 10.9. The molecule has 2 amide bonds. The van der Waals surface area contributed by atoms with Gasteiger partial charge in [-0.3, -0.25) is 9.59 Å². The number of nitrogens with zero attached hydrogens (tertiary/aromatic N) is 1. The first-order valence-corrected chi connectivity index (χ1v) is 8.35. The summed E-state index contributed by atoms with van der Waals surface area (Å²) >= 11 is 0. The average Bonchev–Trinajstić information content (AvgIpc) is 2.92. The largest absolute Gasteiger partial charge is 0.340 e. The van der Waals surface area contributed by atoms with Gasteiger partial charge in [0.2, 0.25) is 11.8 Å². The van der Waals surface area contributed by atoms with Crippen molar-refractivity contribution in [1.29, 1.82) is 0 Å². The number of hydrogen-bond acceptors (Lipinski definition) is 2. The molecule has 116 valence electrons. The molecule has 0 aromatic heterocycles. The number of carbonyl (C=O) groups excluding carboxylic acids is 2. The summed E-state index contributed by atoms with van der Waals surface area (Å²) in [7, 11) is 0. The van der Waals surface area contributed by atoms with Gasteiger partial charge in [0, 0.05) is 6.04 Å². The summed E-state index contributed by atoms with van der Waals surface area (Å²) in [5, 5.41) is 3.09. The van der Waals surface area contributed by atoms with E-state index in [-0.39, 0.29) is 29.8 Å². The van der Waals surface area contributed by atoms with Crippen LogP contribution >= 0.6 is 0 Å². The van der Waals surface area contributed by atoms with Crippen LogP contribution in [-0.2, 0) is 9.59 Å². The minimum atomic E-state index is -0.594. The maximum atomic E-state index is 13.2. The molecule has 1 spiro atoms. The van der Waals surface area contributed by atoms with Gasteiger partial charge >= 0.3 is 0 Å². The van der Waals surface area contributed by atoms with Gasteiger partial charge in [-0.15, -0.1) is 0 Å². The smallest absolute Gasteiger partial charge is 0.249 e. The highest BCUT2D eigenvalue weighted by atomic mass is 16.2. The zero-order chi connectivity index (χ0) is 15.0. The van der Waals surface area contributed by atoms with Crippen molar-refractivity contribution >= 4 is 11.8 Å². The number of carbonyl (C=O) groups is 2. The average molecular weight is 290 g/mol. The lowest BCUT2D eigenvalue weighted by molar-refractivity contribution is -0.160. The van der Waals surface area contributed by atoms with Crippen molar-refractivity contribution in [3.8, 4) is 0 Å². The Labute approximate surface area is 127 Å². The van der Waals surface area contributed by atoms with Gasteiger partial charge < -0.3 is 10.2 Å². The monoisotopic (exact) mass is 290 g/mol. The number of rotatable bonds is 2. The maximum absolute atomic E-state index is 13.2. The fraction of sp³-hybridized carbons (Fsp3) is 0.765. The standard InChI is InChI=1S/C17H26N2O2/c1-12(2)14-15(20)18-17(10-6-7-11-17)16(21)19(14)13-8-4-3-5-9-13/h3-4,12-14H,5-11H2,1-2H3,(H,18,20). The van der Waals surface area contributed by atoms with Crippen molar-refractivity contribution in [1.82, 2.24) is 10.2 Å². The number of nitrogens with one attached hydrogen (secondary N) is 1. The van der Waals surface area contributed by atoms with E-state index in [1.54, 1.807) is 0 Å². The Bertz CT molecular complexity index is 463. The Morgan fingerprint density at radius 1 is 1.24 bits per heavy atom. The van der Waals surface area contributed by atoms with Crippen molar-refractivity contribution in [2.24, 2.45) is 5.92 Å². The maximum Gasteiger partial charge on any atom is 0.249 e. The van der Waals surface area contributed by atoms with Crippen LogP contribution in [0.15, 0.2) is 12.2 Å². The van der Waals surface area contributed by atoms with E-state index in [2.05, 4.69) is 17.5 Å². The van der Waals surface area contributed by atoms with Gasteiger partial charge in [-0.25, -0.2) is 0 Å². The highest BCUT2D eigenvalue weighted by Crippen LogP contribution is 2.38. The number of allylic oxidation sites excluding steroid dienone is 1. The molecule has 0 radical (unpaired) electrons. The van der Waals surface area contributed by atoms with Gasteiger partial charge in [0.1, 0.15) is 11.6 Å². The molecule has 3 aliphatic rings. The summed E-state index contributed by atoms with van der Waals surface area (Å²) in [4.78, 5) is 27.8. The van der Waals surface area contributed by atoms with Crippen molar-refractivity contribution < 1.29 is 9.59 Å². The van der Waals surface area contributed by atoms with Gasteiger partial charge in [0.05, 0.1) is 0 Å². The second kappa shape index (κ2) is 5.47. The highest BCUT2D eigenvalue weighted by Gasteiger charge is 2.54. The quantitative estimate of drug-likeness (QED) is 0.794. The fourth-order valence-corrected chi connectivity index (χ4v) is 4.23. The van der Waals surface area contributed by atoms with Crippen LogP contribution in [0, 0.1) is 5.92 Å². The van der Waals surface area contributed by atoms with Gasteiger partial charge in [0.15, 0.2) is 0 Å². The molecule has 4 nitrogen and oxygen atoms in total. The molecule has 1 saturated carbocycles. The highest BCUT2D eigenvalue weighted by molar-refractivity contribution is 6.00. The second-order valence-electron chi connectivity index (χ2n) is 7.12. The Kier molecular flexibility index (Phi) is 3.80. The molecule has 2 unspecified atom stereocenters. The van der Waals surface area contributed by atoms with Crippen LogP contribution < -0.4 is 5.32 Å². The first kappa shape index (κ1) is 14.6. The molecule has 0 bridgehead atoms. The minimum absolute atomic E-state index is 0.0565. The SMILES string of the molecule is CC(C)C1C(=O)NC2(CCCC2)C(=O)N1C1CC=CCC1. The predicted octanol–water partition coefficient (Wildman–Crippen LogP) is 2.39. The molecule has 3 rings (SSSR count). The fourth-order valence-electron chi connectivity index (χ4n) is 4.23.